The van der Waals surface area contributed by atoms with Gasteiger partial charge in [0, 0.05) is 37.0 Å². The van der Waals surface area contributed by atoms with E-state index in [9.17, 15) is 19.2 Å². The molecule has 260 valence electrons. The summed E-state index contributed by atoms with van der Waals surface area (Å²) in [4.78, 5) is 59.7. The SMILES string of the molecule is CC(C)(C)OC(=O)NC(C)(C)C(=O)N[C@H](Cc1csc2ccccc12)C(=O)Nc1cn(CCC(C(=O)N2CCCC2)c2ccccc2)cn1. The largest absolute Gasteiger partial charge is 0.444 e. The molecule has 0 saturated carbocycles. The lowest BCUT2D eigenvalue weighted by Crippen LogP contribution is -2.59. The molecule has 4 aromatic rings. The zero-order valence-electron chi connectivity index (χ0n) is 28.8. The number of nitrogens with one attached hydrogen (secondary N) is 3. The van der Waals surface area contributed by atoms with Crippen LogP contribution in [0.2, 0.25) is 0 Å². The van der Waals surface area contributed by atoms with Gasteiger partial charge in [-0.15, -0.1) is 11.3 Å². The third-order valence-corrected chi connectivity index (χ3v) is 9.48. The highest BCUT2D eigenvalue weighted by Gasteiger charge is 2.35. The maximum absolute atomic E-state index is 13.8. The van der Waals surface area contributed by atoms with Crippen molar-refractivity contribution in [2.75, 3.05) is 18.4 Å². The van der Waals surface area contributed by atoms with Crippen molar-refractivity contribution in [1.29, 1.82) is 0 Å². The summed E-state index contributed by atoms with van der Waals surface area (Å²) in [6.45, 7) is 10.4. The topological polar surface area (TPSA) is 135 Å². The predicted molar refractivity (Wildman–Crippen MR) is 191 cm³/mol. The van der Waals surface area contributed by atoms with Gasteiger partial charge in [-0.05, 0) is 81.8 Å². The molecule has 5 rings (SSSR count). The number of carbonyl (C=O) groups excluding carboxylic acids is 4. The third kappa shape index (κ3) is 9.47. The van der Waals surface area contributed by atoms with Crippen molar-refractivity contribution < 1.29 is 23.9 Å². The minimum absolute atomic E-state index is 0.140. The van der Waals surface area contributed by atoms with Gasteiger partial charge < -0.3 is 30.2 Å². The van der Waals surface area contributed by atoms with Crippen LogP contribution in [0.15, 0.2) is 72.5 Å². The Morgan fingerprint density at radius 3 is 2.37 bits per heavy atom. The molecule has 11 nitrogen and oxygen atoms in total. The first kappa shape index (κ1) is 35.6. The second-order valence-electron chi connectivity index (χ2n) is 14.0. The summed E-state index contributed by atoms with van der Waals surface area (Å²) in [5.74, 6) is -0.808. The molecule has 0 radical (unpaired) electrons. The fourth-order valence-corrected chi connectivity index (χ4v) is 6.86. The maximum atomic E-state index is 13.8. The maximum Gasteiger partial charge on any atom is 0.408 e. The number of nitrogens with zero attached hydrogens (tertiary/aromatic N) is 3. The lowest BCUT2D eigenvalue weighted by atomic mass is 9.94. The number of carbonyl (C=O) groups is 4. The van der Waals surface area contributed by atoms with Crippen LogP contribution in [0.1, 0.15) is 70.9 Å². The van der Waals surface area contributed by atoms with E-state index in [4.69, 9.17) is 4.74 Å². The van der Waals surface area contributed by atoms with Crippen molar-refractivity contribution in [3.8, 4) is 0 Å². The number of fused-ring (bicyclic) bond motifs is 1. The molecule has 4 amide bonds. The molecule has 2 aromatic heterocycles. The Balaban J connectivity index is 1.29. The molecule has 1 saturated heterocycles. The molecule has 3 N–H and O–H groups in total. The number of amides is 4. The highest BCUT2D eigenvalue weighted by atomic mass is 32.1. The van der Waals surface area contributed by atoms with Gasteiger partial charge in [0.2, 0.25) is 17.7 Å². The van der Waals surface area contributed by atoms with Crippen LogP contribution in [0.5, 0.6) is 0 Å². The predicted octanol–water partition coefficient (Wildman–Crippen LogP) is 5.86. The number of aromatic nitrogens is 2. The van der Waals surface area contributed by atoms with Gasteiger partial charge in [0.15, 0.2) is 5.82 Å². The average molecular weight is 687 g/mol. The standard InChI is InChI=1S/C37H46N6O5S/c1-36(2,3)48-35(47)41-37(4,5)34(46)39-29(21-26-23-49-30-16-10-9-15-27(26)30)32(44)40-31-22-42(24-38-31)20-17-28(25-13-7-6-8-14-25)33(45)43-18-11-12-19-43/h6-10,13-16,22-24,28-29H,11-12,17-21H2,1-5H3,(H,39,46)(H,40,44)(H,41,47)/t28?,29-/m1/s1. The van der Waals surface area contributed by atoms with Crippen molar-refractivity contribution in [2.45, 2.75) is 89.9 Å². The molecular formula is C37H46N6O5S. The van der Waals surface area contributed by atoms with E-state index in [2.05, 4.69) is 20.9 Å². The minimum Gasteiger partial charge on any atom is -0.444 e. The van der Waals surface area contributed by atoms with Crippen molar-refractivity contribution in [2.24, 2.45) is 0 Å². The van der Waals surface area contributed by atoms with Crippen LogP contribution in [0.25, 0.3) is 10.1 Å². The third-order valence-electron chi connectivity index (χ3n) is 8.47. The van der Waals surface area contributed by atoms with Crippen LogP contribution in [-0.2, 0) is 32.1 Å². The smallest absolute Gasteiger partial charge is 0.408 e. The number of benzene rings is 2. The average Bonchev–Trinajstić information content (AvgIpc) is 3.82. The van der Waals surface area contributed by atoms with Crippen LogP contribution in [0.3, 0.4) is 0 Å². The Hall–Kier alpha value is -4.71. The normalized spacial score (nSPS) is 14.7. The molecule has 0 aliphatic carbocycles. The molecule has 3 heterocycles. The van der Waals surface area contributed by atoms with Gasteiger partial charge in [-0.25, -0.2) is 9.78 Å². The van der Waals surface area contributed by atoms with Gasteiger partial charge >= 0.3 is 6.09 Å². The van der Waals surface area contributed by atoms with Gasteiger partial charge in [-0.3, -0.25) is 14.4 Å². The molecule has 1 aliphatic rings. The second kappa shape index (κ2) is 15.2. The number of likely N-dealkylation sites (tertiary alicyclic amines) is 1. The molecule has 1 aliphatic heterocycles. The van der Waals surface area contributed by atoms with E-state index in [0.29, 0.717) is 18.8 Å². The van der Waals surface area contributed by atoms with E-state index >= 15 is 0 Å². The summed E-state index contributed by atoms with van der Waals surface area (Å²) in [7, 11) is 0. The first-order chi connectivity index (χ1) is 23.3. The van der Waals surface area contributed by atoms with Crippen molar-refractivity contribution in [1.82, 2.24) is 25.1 Å². The lowest BCUT2D eigenvalue weighted by Gasteiger charge is -2.29. The molecule has 1 fully saturated rings. The van der Waals surface area contributed by atoms with Crippen LogP contribution in [0, 0.1) is 0 Å². The summed E-state index contributed by atoms with van der Waals surface area (Å²) in [5.41, 5.74) is -0.217. The van der Waals surface area contributed by atoms with E-state index in [0.717, 1.165) is 47.1 Å². The summed E-state index contributed by atoms with van der Waals surface area (Å²) in [6, 6.07) is 16.8. The Bertz CT molecular complexity index is 1770. The zero-order valence-corrected chi connectivity index (χ0v) is 29.6. The minimum atomic E-state index is -1.37. The molecule has 0 bridgehead atoms. The first-order valence-electron chi connectivity index (χ1n) is 16.7. The highest BCUT2D eigenvalue weighted by Crippen LogP contribution is 2.28. The number of aryl methyl sites for hydroxylation is 1. The molecule has 1 unspecified atom stereocenters. The number of thiophene rings is 1. The molecule has 0 spiro atoms. The van der Waals surface area contributed by atoms with E-state index < -0.39 is 35.1 Å². The molecule has 49 heavy (non-hydrogen) atoms. The van der Waals surface area contributed by atoms with Crippen LogP contribution >= 0.6 is 11.3 Å². The Morgan fingerprint density at radius 1 is 0.959 bits per heavy atom. The van der Waals surface area contributed by atoms with Gasteiger partial charge in [0.05, 0.1) is 12.2 Å². The summed E-state index contributed by atoms with van der Waals surface area (Å²) >= 11 is 1.57. The summed E-state index contributed by atoms with van der Waals surface area (Å²) in [5, 5.41) is 11.3. The zero-order chi connectivity index (χ0) is 35.2. The van der Waals surface area contributed by atoms with Crippen molar-refractivity contribution >= 4 is 51.1 Å². The highest BCUT2D eigenvalue weighted by molar-refractivity contribution is 7.17. The molecule has 2 atom stereocenters. The summed E-state index contributed by atoms with van der Waals surface area (Å²) in [6.07, 6.45) is 5.48. The molecule has 12 heteroatoms. The quantitative estimate of drug-likeness (QED) is 0.171. The lowest BCUT2D eigenvalue weighted by molar-refractivity contribution is -0.132. The van der Waals surface area contributed by atoms with Gasteiger partial charge in [0.1, 0.15) is 17.2 Å². The van der Waals surface area contributed by atoms with Crippen molar-refractivity contribution in [3.63, 3.8) is 0 Å². The Kier molecular flexibility index (Phi) is 11.1. The second-order valence-corrected chi connectivity index (χ2v) is 14.9. The van der Waals surface area contributed by atoms with Gasteiger partial charge in [-0.2, -0.15) is 0 Å². The fraction of sp³-hybridized carbons (Fsp3) is 0.432. The van der Waals surface area contributed by atoms with E-state index in [1.807, 2.05) is 69.4 Å². The summed E-state index contributed by atoms with van der Waals surface area (Å²) < 4.78 is 8.28. The number of imidazole rings is 1. The van der Waals surface area contributed by atoms with Crippen LogP contribution in [-0.4, -0.2) is 68.5 Å². The van der Waals surface area contributed by atoms with Crippen LogP contribution < -0.4 is 16.0 Å². The number of anilines is 1. The Labute approximate surface area is 291 Å². The number of alkyl carbamates (subject to hydrolysis) is 1. The van der Waals surface area contributed by atoms with E-state index in [1.165, 1.54) is 0 Å². The molecular weight excluding hydrogens is 641 g/mol. The Morgan fingerprint density at radius 2 is 1.65 bits per heavy atom. The number of hydrogen-bond donors (Lipinski definition) is 3. The fourth-order valence-electron chi connectivity index (χ4n) is 5.89. The molecule has 2 aromatic carbocycles. The van der Waals surface area contributed by atoms with Gasteiger partial charge in [0.25, 0.3) is 0 Å². The first-order valence-corrected chi connectivity index (χ1v) is 17.6. The van der Waals surface area contributed by atoms with E-state index in [-0.39, 0.29) is 18.2 Å². The van der Waals surface area contributed by atoms with Crippen LogP contribution in [0.4, 0.5) is 10.6 Å². The van der Waals surface area contributed by atoms with Gasteiger partial charge in [-0.1, -0.05) is 48.5 Å². The monoisotopic (exact) mass is 686 g/mol. The number of rotatable bonds is 12. The van der Waals surface area contributed by atoms with E-state index in [1.54, 1.807) is 58.5 Å². The number of hydrogen-bond acceptors (Lipinski definition) is 7. The number of ether oxygens (including phenoxy) is 1. The van der Waals surface area contributed by atoms with Crippen molar-refractivity contribution in [3.05, 3.63) is 83.6 Å².